The van der Waals surface area contributed by atoms with Crippen LogP contribution in [0.25, 0.3) is 32.1 Å². The number of rotatable bonds is 5. The van der Waals surface area contributed by atoms with Gasteiger partial charge in [0.2, 0.25) is 0 Å². The number of benzene rings is 2. The molecule has 1 amide bonds. The van der Waals surface area contributed by atoms with Crippen molar-refractivity contribution in [3.8, 4) is 23.2 Å². The predicted molar refractivity (Wildman–Crippen MR) is 185 cm³/mol. The fraction of sp³-hybridized carbons (Fsp3) is 0.412. The topological polar surface area (TPSA) is 142 Å². The van der Waals surface area contributed by atoms with Gasteiger partial charge in [-0.2, -0.15) is 25.0 Å². The van der Waals surface area contributed by atoms with Crippen molar-refractivity contribution in [2.75, 3.05) is 50.0 Å². The van der Waals surface area contributed by atoms with Gasteiger partial charge in [-0.25, -0.2) is 22.9 Å². The van der Waals surface area contributed by atoms with E-state index in [2.05, 4.69) is 20.0 Å². The van der Waals surface area contributed by atoms with E-state index in [0.717, 1.165) is 37.1 Å². The molecule has 7 heterocycles. The van der Waals surface area contributed by atoms with Crippen molar-refractivity contribution in [3.05, 3.63) is 53.1 Å². The molecule has 2 N–H and O–H groups in total. The lowest BCUT2D eigenvalue weighted by atomic mass is 9.95. The van der Waals surface area contributed by atoms with Crippen molar-refractivity contribution in [1.29, 1.82) is 5.26 Å². The smallest absolute Gasteiger partial charge is 0.346 e. The Bertz CT molecular complexity index is 2280. The lowest BCUT2D eigenvalue weighted by Crippen LogP contribution is -2.43. The summed E-state index contributed by atoms with van der Waals surface area (Å²) in [6, 6.07) is 5.65. The summed E-state index contributed by atoms with van der Waals surface area (Å²) in [6.07, 6.45) is 4.46. The van der Waals surface area contributed by atoms with Gasteiger partial charge in [0.05, 0.1) is 26.9 Å². The number of nitrogens with zero attached hydrogens (tertiary/aromatic N) is 9. The first kappa shape index (κ1) is 32.2. The van der Waals surface area contributed by atoms with Crippen LogP contribution in [0.2, 0.25) is 5.02 Å². The molecule has 2 unspecified atom stereocenters. The summed E-state index contributed by atoms with van der Waals surface area (Å²) in [5, 5.41) is 14.5. The minimum absolute atomic E-state index is 0.00525. The molecule has 4 atom stereocenters. The third kappa shape index (κ3) is 5.00. The molecule has 4 fully saturated rings. The first-order valence-electron chi connectivity index (χ1n) is 16.7. The van der Waals surface area contributed by atoms with Crippen molar-refractivity contribution in [1.82, 2.24) is 34.5 Å². The zero-order chi connectivity index (χ0) is 35.2. The van der Waals surface area contributed by atoms with Gasteiger partial charge in [-0.05, 0) is 43.5 Å². The number of halogens is 4. The van der Waals surface area contributed by atoms with Crippen molar-refractivity contribution in [2.45, 2.75) is 43.4 Å². The number of thiophene rings is 1. The summed E-state index contributed by atoms with van der Waals surface area (Å²) >= 11 is 7.81. The van der Waals surface area contributed by atoms with Crippen LogP contribution in [0.15, 0.2) is 30.9 Å². The number of hydrogen-bond acceptors (Lipinski definition) is 11. The minimum Gasteiger partial charge on any atom is -0.461 e. The van der Waals surface area contributed by atoms with Crippen LogP contribution in [0, 0.1) is 28.9 Å². The largest absolute Gasteiger partial charge is 0.461 e. The number of alkyl halides is 1. The van der Waals surface area contributed by atoms with Gasteiger partial charge in [-0.1, -0.05) is 17.7 Å². The number of nitriles is 1. The van der Waals surface area contributed by atoms with E-state index in [1.165, 1.54) is 29.5 Å². The fourth-order valence-corrected chi connectivity index (χ4v) is 9.92. The maximum Gasteiger partial charge on any atom is 0.346 e. The summed E-state index contributed by atoms with van der Waals surface area (Å²) < 4.78 is 54.3. The maximum atomic E-state index is 17.2. The van der Waals surface area contributed by atoms with E-state index in [1.807, 2.05) is 11.0 Å². The molecule has 5 aromatic rings. The Morgan fingerprint density at radius 3 is 2.88 bits per heavy atom. The molecule has 9 rings (SSSR count). The predicted octanol–water partition coefficient (Wildman–Crippen LogP) is 5.62. The first-order valence-corrected chi connectivity index (χ1v) is 17.9. The SMILES string of the molecule is N#Cc1c(N)sc2c(F)ccc(-c3c(Cl)cc4c(N5CCC6CN(C(=O)n7cncn7)CC65)nc(OC[C@@]56CCCN5C[C@H](F)C6)nc4c3F)c12. The van der Waals surface area contributed by atoms with Crippen LogP contribution in [-0.2, 0) is 0 Å². The lowest BCUT2D eigenvalue weighted by molar-refractivity contribution is 0.107. The molecule has 0 spiro atoms. The second kappa shape index (κ2) is 11.9. The van der Waals surface area contributed by atoms with Crippen LogP contribution in [-0.4, -0.2) is 97.6 Å². The third-order valence-corrected chi connectivity index (χ3v) is 12.3. The molecular formula is C34H30ClF3N10O2S. The Balaban J connectivity index is 1.17. The second-order valence-electron chi connectivity index (χ2n) is 13.7. The van der Waals surface area contributed by atoms with E-state index < -0.39 is 23.3 Å². The van der Waals surface area contributed by atoms with E-state index in [9.17, 15) is 18.8 Å². The number of carbonyl (C=O) groups excluding carboxylic acids is 1. The zero-order valence-corrected chi connectivity index (χ0v) is 28.6. The highest BCUT2D eigenvalue weighted by atomic mass is 35.5. The van der Waals surface area contributed by atoms with Crippen LogP contribution in [0.3, 0.4) is 0 Å². The highest BCUT2D eigenvalue weighted by molar-refractivity contribution is 7.23. The van der Waals surface area contributed by atoms with Crippen LogP contribution in [0.4, 0.5) is 28.8 Å². The van der Waals surface area contributed by atoms with Crippen LogP contribution < -0.4 is 15.4 Å². The van der Waals surface area contributed by atoms with Gasteiger partial charge in [0.15, 0.2) is 5.82 Å². The number of nitrogens with two attached hydrogens (primary N) is 1. The number of anilines is 2. The number of amides is 1. The Morgan fingerprint density at radius 1 is 1.22 bits per heavy atom. The van der Waals surface area contributed by atoms with Gasteiger partial charge in [0, 0.05) is 54.9 Å². The normalized spacial score (nSPS) is 24.5. The van der Waals surface area contributed by atoms with Crippen LogP contribution in [0.5, 0.6) is 6.01 Å². The summed E-state index contributed by atoms with van der Waals surface area (Å²) in [6.45, 7) is 2.69. The number of fused-ring (bicyclic) bond motifs is 4. The Hall–Kier alpha value is -4.72. The number of carbonyl (C=O) groups is 1. The van der Waals surface area contributed by atoms with E-state index in [-0.39, 0.29) is 72.9 Å². The summed E-state index contributed by atoms with van der Waals surface area (Å²) in [7, 11) is 0. The monoisotopic (exact) mass is 734 g/mol. The molecule has 4 saturated heterocycles. The average molecular weight is 735 g/mol. The Labute approximate surface area is 298 Å². The summed E-state index contributed by atoms with van der Waals surface area (Å²) in [4.78, 5) is 32.4. The van der Waals surface area contributed by atoms with Crippen LogP contribution >= 0.6 is 22.9 Å². The molecule has 51 heavy (non-hydrogen) atoms. The quantitative estimate of drug-likeness (QED) is 0.242. The summed E-state index contributed by atoms with van der Waals surface area (Å²) in [5.74, 6) is -0.896. The number of aromatic nitrogens is 5. The van der Waals surface area contributed by atoms with Crippen molar-refractivity contribution in [2.24, 2.45) is 5.92 Å². The van der Waals surface area contributed by atoms with E-state index in [0.29, 0.717) is 43.8 Å². The highest BCUT2D eigenvalue weighted by Crippen LogP contribution is 2.47. The minimum atomic E-state index is -0.965. The number of nitrogen functional groups attached to an aromatic ring is 1. The van der Waals surface area contributed by atoms with Crippen molar-refractivity contribution < 1.29 is 22.7 Å². The molecule has 0 saturated carbocycles. The van der Waals surface area contributed by atoms with Gasteiger partial charge in [0.25, 0.3) is 0 Å². The number of hydrogen-bond donors (Lipinski definition) is 1. The Morgan fingerprint density at radius 2 is 2.08 bits per heavy atom. The van der Waals surface area contributed by atoms with Gasteiger partial charge in [0.1, 0.15) is 53.7 Å². The zero-order valence-electron chi connectivity index (χ0n) is 27.0. The molecular weight excluding hydrogens is 705 g/mol. The van der Waals surface area contributed by atoms with Gasteiger partial charge in [-0.15, -0.1) is 11.3 Å². The second-order valence-corrected chi connectivity index (χ2v) is 15.2. The van der Waals surface area contributed by atoms with Crippen LogP contribution in [0.1, 0.15) is 31.2 Å². The van der Waals surface area contributed by atoms with E-state index >= 15 is 4.39 Å². The number of ether oxygens (including phenoxy) is 1. The fourth-order valence-electron chi connectivity index (χ4n) is 8.68. The van der Waals surface area contributed by atoms with E-state index in [1.54, 1.807) is 11.0 Å². The summed E-state index contributed by atoms with van der Waals surface area (Å²) in [5.41, 5.74) is 5.66. The molecule has 262 valence electrons. The molecule has 0 radical (unpaired) electrons. The van der Waals surface area contributed by atoms with Crippen molar-refractivity contribution >= 4 is 60.8 Å². The maximum absolute atomic E-state index is 17.2. The average Bonchev–Trinajstić information content (AvgIpc) is 3.95. The van der Waals surface area contributed by atoms with Gasteiger partial charge < -0.3 is 20.3 Å². The van der Waals surface area contributed by atoms with Crippen molar-refractivity contribution in [3.63, 3.8) is 0 Å². The lowest BCUT2D eigenvalue weighted by Gasteiger charge is -2.31. The molecule has 2 aromatic carbocycles. The third-order valence-electron chi connectivity index (χ3n) is 11.0. The van der Waals surface area contributed by atoms with E-state index in [4.69, 9.17) is 27.1 Å². The molecule has 0 aliphatic carbocycles. The van der Waals surface area contributed by atoms with Gasteiger partial charge >= 0.3 is 12.0 Å². The molecule has 4 aliphatic rings. The first-order chi connectivity index (χ1) is 24.7. The molecule has 0 bridgehead atoms. The number of likely N-dealkylation sites (tertiary alicyclic amines) is 1. The highest BCUT2D eigenvalue weighted by Gasteiger charge is 2.50. The Kier molecular flexibility index (Phi) is 7.53. The molecule has 3 aromatic heterocycles. The molecule has 12 nitrogen and oxygen atoms in total. The van der Waals surface area contributed by atoms with Gasteiger partial charge in [-0.3, -0.25) is 4.90 Å². The molecule has 17 heteroatoms. The molecule has 4 aliphatic heterocycles. The standard InChI is InChI=1S/C34H30ClF3N10O2S/c35-22-8-20-28(27(38)26(22)19-2-3-23(37)29-25(19)21(10-39)30(40)51-29)43-32(50-14-34-5-1-6-46(34)12-18(36)9-34)44-31(20)47-7-4-17-11-45(13-24(17)47)33(49)48-16-41-15-42-48/h2-3,8,15-18,24H,1,4-7,9,11-14,40H2/t17?,18-,24?,34+/m1/s1.